The minimum absolute atomic E-state index is 0.169. The molecule has 0 spiro atoms. The molecule has 2 aromatic carbocycles. The van der Waals surface area contributed by atoms with Crippen LogP contribution >= 0.6 is 11.3 Å². The van der Waals surface area contributed by atoms with Crippen molar-refractivity contribution in [2.24, 2.45) is 4.99 Å². The molecular formula is C23H24N2O3S. The van der Waals surface area contributed by atoms with Gasteiger partial charge < -0.3 is 14.0 Å². The van der Waals surface area contributed by atoms with Crippen LogP contribution in [0.2, 0.25) is 0 Å². The molecule has 5 nitrogen and oxygen atoms in total. The number of amides is 1. The standard InChI is InChI=1S/C23H24N2O3S/c1-6-11-25-18-9-8-17(15(2)3)14-21(18)29-23(25)24-22(26)13-16-7-10-19(27-4)20(12-16)28-5/h1,7-10,12,14-15H,11,13H2,2-5H3. The summed E-state index contributed by atoms with van der Waals surface area (Å²) in [6, 6.07) is 11.7. The highest BCUT2D eigenvalue weighted by atomic mass is 32.1. The fraction of sp³-hybridized carbons (Fsp3) is 0.304. The van der Waals surface area contributed by atoms with Crippen LogP contribution < -0.4 is 14.3 Å². The van der Waals surface area contributed by atoms with Crippen LogP contribution in [0.25, 0.3) is 10.2 Å². The molecule has 3 aromatic rings. The van der Waals surface area contributed by atoms with Crippen LogP contribution in [-0.2, 0) is 17.8 Å². The number of rotatable bonds is 6. The van der Waals surface area contributed by atoms with Gasteiger partial charge in [-0.15, -0.1) is 6.42 Å². The number of terminal acetylenes is 1. The van der Waals surface area contributed by atoms with E-state index in [0.717, 1.165) is 15.8 Å². The van der Waals surface area contributed by atoms with Crippen molar-refractivity contribution in [2.75, 3.05) is 14.2 Å². The van der Waals surface area contributed by atoms with Crippen molar-refractivity contribution in [1.29, 1.82) is 0 Å². The summed E-state index contributed by atoms with van der Waals surface area (Å²) < 4.78 is 13.5. The predicted octanol–water partition coefficient (Wildman–Crippen LogP) is 4.15. The van der Waals surface area contributed by atoms with Gasteiger partial charge in [-0.05, 0) is 41.3 Å². The van der Waals surface area contributed by atoms with Gasteiger partial charge in [-0.2, -0.15) is 4.99 Å². The zero-order chi connectivity index (χ0) is 21.0. The number of carbonyl (C=O) groups excluding carboxylic acids is 1. The molecule has 0 aliphatic carbocycles. The van der Waals surface area contributed by atoms with Gasteiger partial charge in [0.15, 0.2) is 16.3 Å². The maximum absolute atomic E-state index is 12.6. The molecule has 0 N–H and O–H groups in total. The Labute approximate surface area is 174 Å². The third kappa shape index (κ3) is 4.52. The molecule has 0 aliphatic rings. The summed E-state index contributed by atoms with van der Waals surface area (Å²) >= 11 is 1.48. The molecule has 1 amide bonds. The van der Waals surface area contributed by atoms with Gasteiger partial charge >= 0.3 is 0 Å². The molecule has 0 saturated heterocycles. The number of methoxy groups -OCH3 is 2. The Morgan fingerprint density at radius 2 is 1.93 bits per heavy atom. The molecule has 0 aliphatic heterocycles. The summed E-state index contributed by atoms with van der Waals surface area (Å²) in [5.74, 6) is 4.06. The molecule has 0 fully saturated rings. The lowest BCUT2D eigenvalue weighted by molar-refractivity contribution is -0.117. The lowest BCUT2D eigenvalue weighted by Gasteiger charge is -2.08. The van der Waals surface area contributed by atoms with E-state index in [1.54, 1.807) is 26.4 Å². The zero-order valence-corrected chi connectivity index (χ0v) is 17.9. The summed E-state index contributed by atoms with van der Waals surface area (Å²) in [4.78, 5) is 17.6. The average molecular weight is 409 g/mol. The highest BCUT2D eigenvalue weighted by molar-refractivity contribution is 7.16. The number of nitrogens with zero attached hydrogens (tertiary/aromatic N) is 2. The van der Waals surface area contributed by atoms with Gasteiger partial charge in [-0.1, -0.05) is 43.2 Å². The molecule has 0 unspecified atom stereocenters. The van der Waals surface area contributed by atoms with E-state index in [2.05, 4.69) is 43.0 Å². The Kier molecular flexibility index (Phi) is 6.40. The lowest BCUT2D eigenvalue weighted by Crippen LogP contribution is -2.17. The summed E-state index contributed by atoms with van der Waals surface area (Å²) in [6.45, 7) is 4.67. The van der Waals surface area contributed by atoms with Crippen molar-refractivity contribution in [3.8, 4) is 23.8 Å². The molecule has 3 rings (SSSR count). The molecule has 0 saturated carbocycles. The van der Waals surface area contributed by atoms with Crippen molar-refractivity contribution in [3.05, 3.63) is 52.3 Å². The third-order valence-electron chi connectivity index (χ3n) is 4.65. The number of hydrogen-bond donors (Lipinski definition) is 0. The SMILES string of the molecule is C#CCn1c(=NC(=O)Cc2ccc(OC)c(OC)c2)sc2cc(C(C)C)ccc21. The van der Waals surface area contributed by atoms with Crippen LogP contribution in [0, 0.1) is 12.3 Å². The Hall–Kier alpha value is -3.04. The van der Waals surface area contributed by atoms with Crippen molar-refractivity contribution >= 4 is 27.5 Å². The summed E-state index contributed by atoms with van der Waals surface area (Å²) in [5, 5.41) is 0. The Balaban J connectivity index is 1.97. The first-order valence-electron chi connectivity index (χ1n) is 9.32. The Morgan fingerprint density at radius 1 is 1.17 bits per heavy atom. The van der Waals surface area contributed by atoms with Crippen LogP contribution in [0.5, 0.6) is 11.5 Å². The summed E-state index contributed by atoms with van der Waals surface area (Å²) in [7, 11) is 3.15. The van der Waals surface area contributed by atoms with Crippen LogP contribution in [0.4, 0.5) is 0 Å². The highest BCUT2D eigenvalue weighted by Crippen LogP contribution is 2.28. The molecule has 0 atom stereocenters. The molecule has 1 heterocycles. The second kappa shape index (κ2) is 8.97. The molecule has 0 bridgehead atoms. The quantitative estimate of drug-likeness (QED) is 0.576. The van der Waals surface area contributed by atoms with Gasteiger partial charge in [0.2, 0.25) is 0 Å². The van der Waals surface area contributed by atoms with Crippen LogP contribution in [0.1, 0.15) is 30.9 Å². The van der Waals surface area contributed by atoms with E-state index in [4.69, 9.17) is 15.9 Å². The number of ether oxygens (including phenoxy) is 2. The second-order valence-electron chi connectivity index (χ2n) is 6.93. The van der Waals surface area contributed by atoms with Crippen molar-refractivity contribution in [3.63, 3.8) is 0 Å². The molecular weight excluding hydrogens is 384 g/mol. The zero-order valence-electron chi connectivity index (χ0n) is 17.1. The fourth-order valence-electron chi connectivity index (χ4n) is 3.09. The summed E-state index contributed by atoms with van der Waals surface area (Å²) in [6.07, 6.45) is 5.72. The van der Waals surface area contributed by atoms with Gasteiger partial charge in [0, 0.05) is 0 Å². The first kappa shape index (κ1) is 20.7. The maximum atomic E-state index is 12.6. The van der Waals surface area contributed by atoms with E-state index in [-0.39, 0.29) is 12.3 Å². The van der Waals surface area contributed by atoms with E-state index < -0.39 is 0 Å². The van der Waals surface area contributed by atoms with E-state index in [1.165, 1.54) is 16.9 Å². The van der Waals surface area contributed by atoms with E-state index in [1.807, 2.05) is 10.6 Å². The number of fused-ring (bicyclic) bond motifs is 1. The van der Waals surface area contributed by atoms with E-state index in [0.29, 0.717) is 28.8 Å². The van der Waals surface area contributed by atoms with Gasteiger partial charge in [-0.3, -0.25) is 4.79 Å². The number of hydrogen-bond acceptors (Lipinski definition) is 4. The first-order valence-corrected chi connectivity index (χ1v) is 10.1. The number of aromatic nitrogens is 1. The van der Waals surface area contributed by atoms with Gasteiger partial charge in [0.25, 0.3) is 5.91 Å². The normalized spacial score (nSPS) is 11.7. The van der Waals surface area contributed by atoms with Gasteiger partial charge in [0.1, 0.15) is 0 Å². The predicted molar refractivity (Wildman–Crippen MR) is 117 cm³/mol. The largest absolute Gasteiger partial charge is 0.493 e. The smallest absolute Gasteiger partial charge is 0.252 e. The van der Waals surface area contributed by atoms with E-state index >= 15 is 0 Å². The second-order valence-corrected chi connectivity index (χ2v) is 7.94. The van der Waals surface area contributed by atoms with Gasteiger partial charge in [-0.25, -0.2) is 0 Å². The number of carbonyl (C=O) groups is 1. The molecule has 6 heteroatoms. The highest BCUT2D eigenvalue weighted by Gasteiger charge is 2.11. The van der Waals surface area contributed by atoms with Gasteiger partial charge in [0.05, 0.1) is 37.4 Å². The maximum Gasteiger partial charge on any atom is 0.252 e. The monoisotopic (exact) mass is 408 g/mol. The van der Waals surface area contributed by atoms with Crippen LogP contribution in [0.3, 0.4) is 0 Å². The number of benzene rings is 2. The first-order chi connectivity index (χ1) is 14.0. The van der Waals surface area contributed by atoms with Crippen molar-refractivity contribution in [1.82, 2.24) is 4.57 Å². The Morgan fingerprint density at radius 3 is 2.59 bits per heavy atom. The minimum atomic E-state index is -0.237. The van der Waals surface area contributed by atoms with Crippen LogP contribution in [-0.4, -0.2) is 24.7 Å². The molecule has 0 radical (unpaired) electrons. The molecule has 1 aromatic heterocycles. The molecule has 150 valence electrons. The van der Waals surface area contributed by atoms with Crippen molar-refractivity contribution in [2.45, 2.75) is 32.7 Å². The minimum Gasteiger partial charge on any atom is -0.493 e. The van der Waals surface area contributed by atoms with Crippen LogP contribution in [0.15, 0.2) is 41.4 Å². The van der Waals surface area contributed by atoms with Crippen molar-refractivity contribution < 1.29 is 14.3 Å². The average Bonchev–Trinajstić information content (AvgIpc) is 3.04. The summed E-state index contributed by atoms with van der Waals surface area (Å²) in [5.41, 5.74) is 3.05. The number of thiazole rings is 1. The topological polar surface area (TPSA) is 52.8 Å². The lowest BCUT2D eigenvalue weighted by atomic mass is 10.0. The fourth-order valence-corrected chi connectivity index (χ4v) is 4.18. The molecule has 29 heavy (non-hydrogen) atoms. The van der Waals surface area contributed by atoms with E-state index in [9.17, 15) is 4.79 Å². The Bertz CT molecular complexity index is 1150. The third-order valence-corrected chi connectivity index (χ3v) is 5.69.